The molecule has 4 nitrogen and oxygen atoms in total. The Morgan fingerprint density at radius 2 is 1.82 bits per heavy atom. The first kappa shape index (κ1) is 16.7. The van der Waals surface area contributed by atoms with E-state index >= 15 is 0 Å². The molecule has 0 aromatic heterocycles. The minimum Gasteiger partial charge on any atom is -0.381 e. The molecule has 1 saturated heterocycles. The van der Waals surface area contributed by atoms with Crippen LogP contribution in [0.1, 0.15) is 58.3 Å². The van der Waals surface area contributed by atoms with Crippen LogP contribution in [0.15, 0.2) is 0 Å². The zero-order valence-electron chi connectivity index (χ0n) is 14.4. The molecule has 128 valence electrons. The van der Waals surface area contributed by atoms with Gasteiger partial charge in [-0.1, -0.05) is 19.3 Å². The maximum absolute atomic E-state index is 6.05. The van der Waals surface area contributed by atoms with Gasteiger partial charge in [-0.25, -0.2) is 0 Å². The van der Waals surface area contributed by atoms with Crippen LogP contribution in [0, 0.1) is 5.41 Å². The Labute approximate surface area is 135 Å². The minimum atomic E-state index is -0.0230. The molecule has 3 rings (SSSR count). The summed E-state index contributed by atoms with van der Waals surface area (Å²) in [5.74, 6) is 0. The molecule has 0 radical (unpaired) electrons. The predicted molar refractivity (Wildman–Crippen MR) is 87.1 cm³/mol. The van der Waals surface area contributed by atoms with Crippen LogP contribution in [-0.2, 0) is 14.2 Å². The van der Waals surface area contributed by atoms with Crippen molar-refractivity contribution < 1.29 is 14.2 Å². The molecule has 1 N–H and O–H groups in total. The molecule has 0 aromatic carbocycles. The Kier molecular flexibility index (Phi) is 5.43. The van der Waals surface area contributed by atoms with Crippen molar-refractivity contribution >= 4 is 0 Å². The summed E-state index contributed by atoms with van der Waals surface area (Å²) in [6.07, 6.45) is 10.4. The lowest BCUT2D eigenvalue weighted by Gasteiger charge is -2.58. The highest BCUT2D eigenvalue weighted by Gasteiger charge is 2.55. The van der Waals surface area contributed by atoms with Gasteiger partial charge in [-0.2, -0.15) is 0 Å². The van der Waals surface area contributed by atoms with E-state index in [9.17, 15) is 0 Å². The van der Waals surface area contributed by atoms with Crippen LogP contribution in [0.3, 0.4) is 0 Å². The van der Waals surface area contributed by atoms with Gasteiger partial charge in [0.05, 0.1) is 11.7 Å². The quantitative estimate of drug-likeness (QED) is 0.819. The zero-order valence-corrected chi connectivity index (χ0v) is 14.4. The van der Waals surface area contributed by atoms with Crippen molar-refractivity contribution in [2.75, 3.05) is 33.5 Å². The summed E-state index contributed by atoms with van der Waals surface area (Å²) in [5.41, 5.74) is 0.374. The lowest BCUT2D eigenvalue weighted by Crippen LogP contribution is -2.66. The van der Waals surface area contributed by atoms with E-state index in [1.807, 2.05) is 7.11 Å². The molecule has 4 heteroatoms. The first-order chi connectivity index (χ1) is 10.7. The maximum atomic E-state index is 6.05. The van der Waals surface area contributed by atoms with E-state index in [1.54, 1.807) is 0 Å². The van der Waals surface area contributed by atoms with Gasteiger partial charge < -0.3 is 19.5 Å². The van der Waals surface area contributed by atoms with Crippen LogP contribution < -0.4 is 5.32 Å². The molecule has 0 amide bonds. The second kappa shape index (κ2) is 7.16. The van der Waals surface area contributed by atoms with Gasteiger partial charge in [0, 0.05) is 57.8 Å². The van der Waals surface area contributed by atoms with Crippen LogP contribution in [0.25, 0.3) is 0 Å². The molecule has 1 heterocycles. The third kappa shape index (κ3) is 3.08. The van der Waals surface area contributed by atoms with Crippen molar-refractivity contribution in [3.05, 3.63) is 0 Å². The summed E-state index contributed by atoms with van der Waals surface area (Å²) in [6.45, 7) is 5.58. The van der Waals surface area contributed by atoms with Crippen molar-refractivity contribution in [2.24, 2.45) is 5.41 Å². The molecular formula is C18H33NO3. The van der Waals surface area contributed by atoms with Crippen molar-refractivity contribution in [2.45, 2.75) is 76.0 Å². The fourth-order valence-electron chi connectivity index (χ4n) is 4.86. The van der Waals surface area contributed by atoms with Crippen molar-refractivity contribution in [1.82, 2.24) is 5.32 Å². The second-order valence-electron chi connectivity index (χ2n) is 7.41. The summed E-state index contributed by atoms with van der Waals surface area (Å²) in [6, 6.07) is 0.610. The number of methoxy groups -OCH3 is 1. The molecule has 0 unspecified atom stereocenters. The fourth-order valence-corrected chi connectivity index (χ4v) is 4.86. The molecule has 2 atom stereocenters. The van der Waals surface area contributed by atoms with E-state index < -0.39 is 0 Å². The summed E-state index contributed by atoms with van der Waals surface area (Å²) < 4.78 is 17.4. The van der Waals surface area contributed by atoms with E-state index in [0.29, 0.717) is 17.6 Å². The normalized spacial score (nSPS) is 33.5. The number of nitrogens with one attached hydrogen (secondary N) is 1. The summed E-state index contributed by atoms with van der Waals surface area (Å²) in [5, 5.41) is 3.87. The van der Waals surface area contributed by atoms with E-state index in [-0.39, 0.29) is 5.60 Å². The highest BCUT2D eigenvalue weighted by Crippen LogP contribution is 2.53. The highest BCUT2D eigenvalue weighted by atomic mass is 16.5. The average molecular weight is 311 g/mol. The van der Waals surface area contributed by atoms with Gasteiger partial charge >= 0.3 is 0 Å². The Bertz CT molecular complexity index is 348. The molecule has 3 aliphatic rings. The number of ether oxygens (including phenoxy) is 3. The Morgan fingerprint density at radius 3 is 2.45 bits per heavy atom. The van der Waals surface area contributed by atoms with Gasteiger partial charge in [0.15, 0.2) is 0 Å². The van der Waals surface area contributed by atoms with Crippen LogP contribution in [0.5, 0.6) is 0 Å². The molecule has 2 saturated carbocycles. The van der Waals surface area contributed by atoms with E-state index in [2.05, 4.69) is 12.2 Å². The number of rotatable bonds is 6. The third-order valence-electron chi connectivity index (χ3n) is 6.44. The molecular weight excluding hydrogens is 278 g/mol. The number of hydrogen-bond acceptors (Lipinski definition) is 4. The van der Waals surface area contributed by atoms with E-state index in [4.69, 9.17) is 14.2 Å². The van der Waals surface area contributed by atoms with Crippen LogP contribution in [-0.4, -0.2) is 51.2 Å². The zero-order chi connectivity index (χ0) is 15.5. The summed E-state index contributed by atoms with van der Waals surface area (Å²) in [7, 11) is 1.85. The maximum Gasteiger partial charge on any atom is 0.0846 e. The largest absolute Gasteiger partial charge is 0.381 e. The predicted octanol–water partition coefficient (Wildman–Crippen LogP) is 2.90. The molecule has 0 bridgehead atoms. The Balaban J connectivity index is 1.59. The molecule has 3 fully saturated rings. The van der Waals surface area contributed by atoms with Gasteiger partial charge in [0.2, 0.25) is 0 Å². The van der Waals surface area contributed by atoms with Crippen LogP contribution in [0.2, 0.25) is 0 Å². The molecule has 0 aromatic rings. The fraction of sp³-hybridized carbons (Fsp3) is 1.00. The first-order valence-electron chi connectivity index (χ1n) is 9.23. The topological polar surface area (TPSA) is 39.7 Å². The second-order valence-corrected chi connectivity index (χ2v) is 7.41. The minimum absolute atomic E-state index is 0.0230. The average Bonchev–Trinajstić information content (AvgIpc) is 2.59. The lowest BCUT2D eigenvalue weighted by molar-refractivity contribution is -0.157. The highest BCUT2D eigenvalue weighted by molar-refractivity contribution is 5.09. The molecule has 1 spiro atoms. The smallest absolute Gasteiger partial charge is 0.0846 e. The van der Waals surface area contributed by atoms with Gasteiger partial charge in [0.1, 0.15) is 0 Å². The lowest BCUT2D eigenvalue weighted by atomic mass is 9.55. The van der Waals surface area contributed by atoms with Gasteiger partial charge in [-0.3, -0.25) is 0 Å². The molecule has 2 aliphatic carbocycles. The van der Waals surface area contributed by atoms with Crippen molar-refractivity contribution in [3.63, 3.8) is 0 Å². The molecule has 22 heavy (non-hydrogen) atoms. The van der Waals surface area contributed by atoms with E-state index in [0.717, 1.165) is 39.2 Å². The van der Waals surface area contributed by atoms with Gasteiger partial charge in [-0.05, 0) is 26.2 Å². The Hall–Kier alpha value is -0.160. The Morgan fingerprint density at radius 1 is 1.09 bits per heavy atom. The summed E-state index contributed by atoms with van der Waals surface area (Å²) >= 11 is 0. The van der Waals surface area contributed by atoms with E-state index in [1.165, 1.54) is 38.5 Å². The van der Waals surface area contributed by atoms with Crippen molar-refractivity contribution in [1.29, 1.82) is 0 Å². The standard InChI is InChI=1S/C18H33NO3/c1-3-22-16-13-15(18(16)7-5-4-6-8-18)19-14-17(20-2)9-11-21-12-10-17/h15-16,19H,3-14H2,1-2H3/t15-,16+/m0/s1. The third-order valence-corrected chi connectivity index (χ3v) is 6.44. The van der Waals surface area contributed by atoms with Crippen molar-refractivity contribution in [3.8, 4) is 0 Å². The first-order valence-corrected chi connectivity index (χ1v) is 9.23. The van der Waals surface area contributed by atoms with Crippen LogP contribution in [0.4, 0.5) is 0 Å². The molecule has 1 aliphatic heterocycles. The number of hydrogen-bond donors (Lipinski definition) is 1. The summed E-state index contributed by atoms with van der Waals surface area (Å²) in [4.78, 5) is 0. The monoisotopic (exact) mass is 311 g/mol. The van der Waals surface area contributed by atoms with Gasteiger partial charge in [0.25, 0.3) is 0 Å². The van der Waals surface area contributed by atoms with Gasteiger partial charge in [-0.15, -0.1) is 0 Å². The SMILES string of the molecule is CCO[C@@H]1C[C@H](NCC2(OC)CCOCC2)C12CCCCC2. The van der Waals surface area contributed by atoms with Crippen LogP contribution >= 0.6 is 0 Å².